The predicted molar refractivity (Wildman–Crippen MR) is 139 cm³/mol. The molecule has 0 aliphatic heterocycles. The SMILES string of the molecule is COC[C@H](Cc1ccc(O)cc1)NC(=O)c1cc(C(=O)O)c2cc(-c3cccc(C(C)(F)F)c3)ccc2n1. The number of phenols is 1. The maximum Gasteiger partial charge on any atom is 0.336 e. The fourth-order valence-corrected chi connectivity index (χ4v) is 4.20. The Kier molecular flexibility index (Phi) is 7.68. The van der Waals surface area contributed by atoms with E-state index in [1.165, 1.54) is 31.4 Å². The summed E-state index contributed by atoms with van der Waals surface area (Å²) in [4.78, 5) is 29.6. The summed E-state index contributed by atoms with van der Waals surface area (Å²) in [6.45, 7) is 1.01. The van der Waals surface area contributed by atoms with Crippen LogP contribution in [0.5, 0.6) is 5.75 Å². The van der Waals surface area contributed by atoms with Gasteiger partial charge in [-0.1, -0.05) is 36.4 Å². The highest BCUT2D eigenvalue weighted by Gasteiger charge is 2.25. The van der Waals surface area contributed by atoms with E-state index in [9.17, 15) is 28.6 Å². The number of fused-ring (bicyclic) bond motifs is 1. The lowest BCUT2D eigenvalue weighted by Gasteiger charge is -2.18. The third kappa shape index (κ3) is 6.12. The van der Waals surface area contributed by atoms with E-state index in [0.717, 1.165) is 12.5 Å². The van der Waals surface area contributed by atoms with Crippen LogP contribution < -0.4 is 5.32 Å². The van der Waals surface area contributed by atoms with Crippen molar-refractivity contribution in [3.63, 3.8) is 0 Å². The molecule has 4 rings (SSSR count). The van der Waals surface area contributed by atoms with Gasteiger partial charge in [-0.25, -0.2) is 18.6 Å². The van der Waals surface area contributed by atoms with Crippen LogP contribution in [0.25, 0.3) is 22.0 Å². The number of aromatic hydroxyl groups is 1. The fraction of sp³-hybridized carbons (Fsp3) is 0.207. The van der Waals surface area contributed by atoms with Crippen molar-refractivity contribution in [3.8, 4) is 16.9 Å². The predicted octanol–water partition coefficient (Wildman–Crippen LogP) is 5.40. The van der Waals surface area contributed by atoms with Gasteiger partial charge in [0.2, 0.25) is 0 Å². The summed E-state index contributed by atoms with van der Waals surface area (Å²) in [5.74, 6) is -4.72. The minimum Gasteiger partial charge on any atom is -0.508 e. The number of nitrogens with zero attached hydrogens (tertiary/aromatic N) is 1. The zero-order chi connectivity index (χ0) is 27.4. The standard InChI is InChI=1S/C29H26F2N2O5/c1-29(30,31)20-5-3-4-18(13-20)19-8-11-25-23(14-19)24(28(36)37)15-26(33-25)27(35)32-21(16-38-2)12-17-6-9-22(34)10-7-17/h3-11,13-15,21,34H,12,16H2,1-2H3,(H,32,35)(H,36,37)/t21-/m0/s1. The molecule has 0 bridgehead atoms. The third-order valence-corrected chi connectivity index (χ3v) is 6.10. The van der Waals surface area contributed by atoms with Crippen LogP contribution in [0.1, 0.15) is 38.9 Å². The summed E-state index contributed by atoms with van der Waals surface area (Å²) in [5, 5.41) is 22.5. The van der Waals surface area contributed by atoms with Crippen molar-refractivity contribution in [2.45, 2.75) is 25.3 Å². The Balaban J connectivity index is 1.66. The lowest BCUT2D eigenvalue weighted by atomic mass is 9.97. The first kappa shape index (κ1) is 26.7. The average Bonchev–Trinajstić information content (AvgIpc) is 2.88. The largest absolute Gasteiger partial charge is 0.508 e. The number of carbonyl (C=O) groups is 2. The number of carbonyl (C=O) groups excluding carboxylic acids is 1. The number of nitrogens with one attached hydrogen (secondary N) is 1. The molecule has 0 saturated carbocycles. The number of hydrogen-bond acceptors (Lipinski definition) is 5. The molecule has 1 amide bonds. The van der Waals surface area contributed by atoms with Gasteiger partial charge < -0.3 is 20.3 Å². The number of benzene rings is 3. The first-order valence-corrected chi connectivity index (χ1v) is 11.8. The molecule has 1 aromatic heterocycles. The van der Waals surface area contributed by atoms with Crippen LogP contribution in [0.15, 0.2) is 72.8 Å². The van der Waals surface area contributed by atoms with E-state index in [0.29, 0.717) is 17.5 Å². The van der Waals surface area contributed by atoms with Crippen molar-refractivity contribution >= 4 is 22.8 Å². The molecule has 3 aromatic carbocycles. The number of methoxy groups -OCH3 is 1. The quantitative estimate of drug-likeness (QED) is 0.273. The highest BCUT2D eigenvalue weighted by Crippen LogP contribution is 2.32. The summed E-state index contributed by atoms with van der Waals surface area (Å²) in [5.41, 5.74) is 1.80. The van der Waals surface area contributed by atoms with Gasteiger partial charge >= 0.3 is 5.97 Å². The lowest BCUT2D eigenvalue weighted by molar-refractivity contribution is 0.0175. The van der Waals surface area contributed by atoms with E-state index in [2.05, 4.69) is 10.3 Å². The highest BCUT2D eigenvalue weighted by molar-refractivity contribution is 6.06. The second-order valence-corrected chi connectivity index (χ2v) is 9.06. The maximum absolute atomic E-state index is 13.8. The van der Waals surface area contributed by atoms with Crippen LogP contribution >= 0.6 is 0 Å². The minimum absolute atomic E-state index is 0.0814. The number of rotatable bonds is 9. The van der Waals surface area contributed by atoms with E-state index >= 15 is 0 Å². The number of hydrogen-bond donors (Lipinski definition) is 3. The van der Waals surface area contributed by atoms with Gasteiger partial charge in [0.1, 0.15) is 11.4 Å². The van der Waals surface area contributed by atoms with Crippen LogP contribution in [-0.2, 0) is 17.1 Å². The van der Waals surface area contributed by atoms with Crippen molar-refractivity contribution < 1.29 is 33.3 Å². The molecule has 38 heavy (non-hydrogen) atoms. The number of carboxylic acids is 1. The van der Waals surface area contributed by atoms with E-state index < -0.39 is 23.8 Å². The number of pyridine rings is 1. The molecule has 3 N–H and O–H groups in total. The molecule has 1 heterocycles. The van der Waals surface area contributed by atoms with Gasteiger partial charge in [0.25, 0.3) is 11.8 Å². The van der Waals surface area contributed by atoms with Crippen LogP contribution in [0.4, 0.5) is 8.78 Å². The number of phenolic OH excluding ortho intramolecular Hbond substituents is 1. The molecule has 0 radical (unpaired) electrons. The molecule has 4 aromatic rings. The van der Waals surface area contributed by atoms with E-state index in [1.54, 1.807) is 48.5 Å². The maximum atomic E-state index is 13.8. The smallest absolute Gasteiger partial charge is 0.336 e. The normalized spacial score (nSPS) is 12.3. The number of amides is 1. The van der Waals surface area contributed by atoms with Gasteiger partial charge in [-0.15, -0.1) is 0 Å². The number of aromatic carboxylic acids is 1. The van der Waals surface area contributed by atoms with Crippen molar-refractivity contribution in [2.75, 3.05) is 13.7 Å². The fourth-order valence-electron chi connectivity index (χ4n) is 4.20. The number of carboxylic acid groups (broad SMARTS) is 1. The topological polar surface area (TPSA) is 109 Å². The van der Waals surface area contributed by atoms with Gasteiger partial charge in [-0.2, -0.15) is 0 Å². The molecular weight excluding hydrogens is 494 g/mol. The Bertz CT molecular complexity index is 1480. The van der Waals surface area contributed by atoms with Crippen molar-refractivity contribution in [3.05, 3.63) is 95.2 Å². The molecule has 0 unspecified atom stereocenters. The van der Waals surface area contributed by atoms with Gasteiger partial charge in [0.15, 0.2) is 0 Å². The molecule has 1 atom stereocenters. The summed E-state index contributed by atoms with van der Waals surface area (Å²) in [7, 11) is 1.50. The van der Waals surface area contributed by atoms with E-state index in [-0.39, 0.29) is 40.1 Å². The summed E-state index contributed by atoms with van der Waals surface area (Å²) in [6.07, 6.45) is 0.415. The van der Waals surface area contributed by atoms with Gasteiger partial charge in [0.05, 0.1) is 23.7 Å². The van der Waals surface area contributed by atoms with Crippen molar-refractivity contribution in [2.24, 2.45) is 0 Å². The Labute approximate surface area is 217 Å². The minimum atomic E-state index is -3.02. The first-order valence-electron chi connectivity index (χ1n) is 11.8. The first-order chi connectivity index (χ1) is 18.0. The highest BCUT2D eigenvalue weighted by atomic mass is 19.3. The van der Waals surface area contributed by atoms with Crippen LogP contribution in [0.3, 0.4) is 0 Å². The molecule has 0 fully saturated rings. The Hall–Kier alpha value is -4.37. The Morgan fingerprint density at radius 2 is 1.74 bits per heavy atom. The zero-order valence-electron chi connectivity index (χ0n) is 20.7. The second-order valence-electron chi connectivity index (χ2n) is 9.06. The summed E-state index contributed by atoms with van der Waals surface area (Å²) in [6, 6.07) is 18.0. The monoisotopic (exact) mass is 520 g/mol. The van der Waals surface area contributed by atoms with E-state index in [1.807, 2.05) is 0 Å². The molecule has 0 saturated heterocycles. The van der Waals surface area contributed by atoms with Crippen molar-refractivity contribution in [1.29, 1.82) is 0 Å². The van der Waals surface area contributed by atoms with Gasteiger partial charge in [0, 0.05) is 25.0 Å². The number of halogens is 2. The second kappa shape index (κ2) is 10.9. The molecule has 0 aliphatic carbocycles. The zero-order valence-corrected chi connectivity index (χ0v) is 20.7. The summed E-state index contributed by atoms with van der Waals surface area (Å²) >= 11 is 0. The number of aromatic nitrogens is 1. The van der Waals surface area contributed by atoms with E-state index in [4.69, 9.17) is 4.74 Å². The lowest BCUT2D eigenvalue weighted by Crippen LogP contribution is -2.40. The molecular formula is C29H26F2N2O5. The van der Waals surface area contributed by atoms with Crippen molar-refractivity contribution in [1.82, 2.24) is 10.3 Å². The molecule has 196 valence electrons. The van der Waals surface area contributed by atoms with Crippen LogP contribution in [0.2, 0.25) is 0 Å². The molecule has 0 aliphatic rings. The Morgan fingerprint density at radius 3 is 2.39 bits per heavy atom. The third-order valence-electron chi connectivity index (χ3n) is 6.10. The van der Waals surface area contributed by atoms with Gasteiger partial charge in [-0.3, -0.25) is 4.79 Å². The number of ether oxygens (including phenoxy) is 1. The molecule has 9 heteroatoms. The summed E-state index contributed by atoms with van der Waals surface area (Å²) < 4.78 is 32.9. The van der Waals surface area contributed by atoms with Gasteiger partial charge in [-0.05, 0) is 59.5 Å². The average molecular weight is 521 g/mol. The number of alkyl halides is 2. The Morgan fingerprint density at radius 1 is 1.03 bits per heavy atom. The molecule has 0 spiro atoms. The van der Waals surface area contributed by atoms with Crippen LogP contribution in [0, 0.1) is 0 Å². The van der Waals surface area contributed by atoms with Crippen LogP contribution in [-0.4, -0.2) is 46.8 Å². The molecule has 7 nitrogen and oxygen atoms in total.